The highest BCUT2D eigenvalue weighted by atomic mass is 35.5. The van der Waals surface area contributed by atoms with Crippen molar-refractivity contribution in [2.24, 2.45) is 0 Å². The minimum absolute atomic E-state index is 0.0163. The highest BCUT2D eigenvalue weighted by molar-refractivity contribution is 6.32. The second-order valence-electron chi connectivity index (χ2n) is 3.66. The van der Waals surface area contributed by atoms with E-state index in [0.717, 1.165) is 25.1 Å². The molecule has 1 unspecified atom stereocenters. The maximum Gasteiger partial charge on any atom is 0.254 e. The van der Waals surface area contributed by atoms with Crippen LogP contribution in [-0.2, 0) is 0 Å². The van der Waals surface area contributed by atoms with Gasteiger partial charge in [-0.1, -0.05) is 24.9 Å². The van der Waals surface area contributed by atoms with Gasteiger partial charge in [-0.2, -0.15) is 0 Å². The normalized spacial score (nSPS) is 12.2. The molecule has 0 aliphatic rings. The van der Waals surface area contributed by atoms with Crippen molar-refractivity contribution in [2.75, 3.05) is 0 Å². The number of rotatable bonds is 4. The van der Waals surface area contributed by atoms with Crippen molar-refractivity contribution in [1.29, 1.82) is 0 Å². The number of halogens is 2. The molecular weight excluding hydrogens is 231 g/mol. The molecule has 0 spiro atoms. The predicted molar refractivity (Wildman–Crippen MR) is 61.0 cm³/mol. The van der Waals surface area contributed by atoms with Gasteiger partial charge in [-0.25, -0.2) is 9.37 Å². The van der Waals surface area contributed by atoms with E-state index in [1.807, 2.05) is 13.8 Å². The summed E-state index contributed by atoms with van der Waals surface area (Å²) in [6.45, 7) is 3.92. The Labute approximate surface area is 99.0 Å². The van der Waals surface area contributed by atoms with E-state index in [1.54, 1.807) is 0 Å². The van der Waals surface area contributed by atoms with Crippen LogP contribution in [0.4, 0.5) is 4.39 Å². The van der Waals surface area contributed by atoms with Gasteiger partial charge in [0.15, 0.2) is 0 Å². The Hall–Kier alpha value is -1.16. The minimum Gasteiger partial charge on any atom is -0.349 e. The third-order valence-electron chi connectivity index (χ3n) is 2.15. The van der Waals surface area contributed by atoms with Gasteiger partial charge in [0, 0.05) is 6.04 Å². The van der Waals surface area contributed by atoms with Gasteiger partial charge in [0.05, 0.1) is 11.8 Å². The molecule has 1 aromatic rings. The fourth-order valence-electron chi connectivity index (χ4n) is 1.39. The average molecular weight is 245 g/mol. The molecule has 1 N–H and O–H groups in total. The van der Waals surface area contributed by atoms with E-state index in [-0.39, 0.29) is 16.8 Å². The summed E-state index contributed by atoms with van der Waals surface area (Å²) in [5, 5.41) is 2.75. The van der Waals surface area contributed by atoms with Crippen LogP contribution in [0.2, 0.25) is 5.15 Å². The zero-order valence-electron chi connectivity index (χ0n) is 9.26. The van der Waals surface area contributed by atoms with Gasteiger partial charge >= 0.3 is 0 Å². The average Bonchev–Trinajstić information content (AvgIpc) is 2.21. The van der Waals surface area contributed by atoms with Crippen LogP contribution in [0.3, 0.4) is 0 Å². The summed E-state index contributed by atoms with van der Waals surface area (Å²) in [5.74, 6) is -0.962. The van der Waals surface area contributed by atoms with Crippen LogP contribution < -0.4 is 5.32 Å². The van der Waals surface area contributed by atoms with E-state index >= 15 is 0 Å². The number of carbonyl (C=O) groups is 1. The first-order chi connectivity index (χ1) is 7.54. The van der Waals surface area contributed by atoms with Crippen LogP contribution in [0.5, 0.6) is 0 Å². The zero-order chi connectivity index (χ0) is 12.1. The lowest BCUT2D eigenvalue weighted by Crippen LogP contribution is -2.32. The standard InChI is InChI=1S/C11H14ClFN2O/c1-3-4-7(2)15-11(16)9-5-8(13)6-14-10(9)12/h5-7H,3-4H2,1-2H3,(H,15,16). The van der Waals surface area contributed by atoms with Crippen molar-refractivity contribution in [3.8, 4) is 0 Å². The van der Waals surface area contributed by atoms with Crippen molar-refractivity contribution >= 4 is 17.5 Å². The number of carbonyl (C=O) groups excluding carboxylic acids is 1. The third kappa shape index (κ3) is 3.45. The van der Waals surface area contributed by atoms with E-state index in [1.165, 1.54) is 0 Å². The fraction of sp³-hybridized carbons (Fsp3) is 0.455. The van der Waals surface area contributed by atoms with Gasteiger partial charge in [-0.15, -0.1) is 0 Å². The lowest BCUT2D eigenvalue weighted by molar-refractivity contribution is 0.0937. The number of pyridine rings is 1. The Morgan fingerprint density at radius 2 is 2.38 bits per heavy atom. The van der Waals surface area contributed by atoms with Crippen LogP contribution in [0.1, 0.15) is 37.0 Å². The van der Waals surface area contributed by atoms with Crippen molar-refractivity contribution in [3.63, 3.8) is 0 Å². The number of amides is 1. The van der Waals surface area contributed by atoms with Gasteiger partial charge in [0.2, 0.25) is 0 Å². The molecule has 0 fully saturated rings. The Bertz CT molecular complexity index is 384. The molecule has 0 radical (unpaired) electrons. The Morgan fingerprint density at radius 3 is 3.00 bits per heavy atom. The molecule has 0 bridgehead atoms. The van der Waals surface area contributed by atoms with Gasteiger partial charge < -0.3 is 5.32 Å². The van der Waals surface area contributed by atoms with Gasteiger partial charge in [-0.05, 0) is 19.4 Å². The minimum atomic E-state index is -0.572. The molecule has 88 valence electrons. The molecule has 0 aliphatic carbocycles. The first-order valence-electron chi connectivity index (χ1n) is 5.16. The second kappa shape index (κ2) is 5.80. The van der Waals surface area contributed by atoms with E-state index in [0.29, 0.717) is 0 Å². The SMILES string of the molecule is CCCC(C)NC(=O)c1cc(F)cnc1Cl. The Balaban J connectivity index is 2.76. The fourth-order valence-corrected chi connectivity index (χ4v) is 1.58. The molecule has 1 aromatic heterocycles. The highest BCUT2D eigenvalue weighted by Gasteiger charge is 2.14. The summed E-state index contributed by atoms with van der Waals surface area (Å²) < 4.78 is 12.9. The molecule has 0 saturated carbocycles. The largest absolute Gasteiger partial charge is 0.349 e. The van der Waals surface area contributed by atoms with Gasteiger partial charge in [0.25, 0.3) is 5.91 Å². The van der Waals surface area contributed by atoms with E-state index < -0.39 is 11.7 Å². The number of nitrogens with one attached hydrogen (secondary N) is 1. The topological polar surface area (TPSA) is 42.0 Å². The van der Waals surface area contributed by atoms with Gasteiger partial charge in [-0.3, -0.25) is 4.79 Å². The van der Waals surface area contributed by atoms with Gasteiger partial charge in [0.1, 0.15) is 11.0 Å². The molecule has 0 aliphatic heterocycles. The molecular formula is C11H14ClFN2O. The van der Waals surface area contributed by atoms with Crippen LogP contribution in [0.25, 0.3) is 0 Å². The first kappa shape index (κ1) is 12.9. The maximum atomic E-state index is 12.9. The third-order valence-corrected chi connectivity index (χ3v) is 2.45. The number of hydrogen-bond acceptors (Lipinski definition) is 2. The molecule has 5 heteroatoms. The smallest absolute Gasteiger partial charge is 0.254 e. The Kier molecular flexibility index (Phi) is 4.68. The van der Waals surface area contributed by atoms with Crippen molar-refractivity contribution in [1.82, 2.24) is 10.3 Å². The summed E-state index contributed by atoms with van der Waals surface area (Å²) >= 11 is 5.71. The molecule has 16 heavy (non-hydrogen) atoms. The molecule has 1 heterocycles. The summed E-state index contributed by atoms with van der Waals surface area (Å²) in [4.78, 5) is 15.3. The summed E-state index contributed by atoms with van der Waals surface area (Å²) in [6, 6.07) is 1.13. The van der Waals surface area contributed by atoms with E-state index in [9.17, 15) is 9.18 Å². The van der Waals surface area contributed by atoms with Crippen LogP contribution in [0.15, 0.2) is 12.3 Å². The lowest BCUT2D eigenvalue weighted by atomic mass is 10.2. The molecule has 1 atom stereocenters. The first-order valence-corrected chi connectivity index (χ1v) is 5.54. The van der Waals surface area contributed by atoms with Crippen LogP contribution in [0, 0.1) is 5.82 Å². The monoisotopic (exact) mass is 244 g/mol. The predicted octanol–water partition coefficient (Wildman–Crippen LogP) is 2.79. The lowest BCUT2D eigenvalue weighted by Gasteiger charge is -2.13. The molecule has 1 amide bonds. The Morgan fingerprint density at radius 1 is 1.69 bits per heavy atom. The number of aromatic nitrogens is 1. The molecule has 1 rings (SSSR count). The maximum absolute atomic E-state index is 12.9. The number of nitrogens with zero attached hydrogens (tertiary/aromatic N) is 1. The van der Waals surface area contributed by atoms with Crippen LogP contribution in [-0.4, -0.2) is 16.9 Å². The van der Waals surface area contributed by atoms with E-state index in [4.69, 9.17) is 11.6 Å². The van der Waals surface area contributed by atoms with Crippen molar-refractivity contribution in [2.45, 2.75) is 32.7 Å². The second-order valence-corrected chi connectivity index (χ2v) is 4.01. The molecule has 0 saturated heterocycles. The van der Waals surface area contributed by atoms with E-state index in [2.05, 4.69) is 10.3 Å². The van der Waals surface area contributed by atoms with Crippen molar-refractivity contribution in [3.05, 3.63) is 28.8 Å². The summed E-state index contributed by atoms with van der Waals surface area (Å²) in [5.41, 5.74) is 0.0737. The molecule has 0 aromatic carbocycles. The van der Waals surface area contributed by atoms with Crippen LogP contribution >= 0.6 is 11.6 Å². The number of hydrogen-bond donors (Lipinski definition) is 1. The zero-order valence-corrected chi connectivity index (χ0v) is 10.0. The molecule has 3 nitrogen and oxygen atoms in total. The quantitative estimate of drug-likeness (QED) is 0.828. The summed E-state index contributed by atoms with van der Waals surface area (Å²) in [7, 11) is 0. The summed E-state index contributed by atoms with van der Waals surface area (Å²) in [6.07, 6.45) is 2.82. The van der Waals surface area contributed by atoms with Crippen molar-refractivity contribution < 1.29 is 9.18 Å². The highest BCUT2D eigenvalue weighted by Crippen LogP contribution is 2.13.